The third kappa shape index (κ3) is 10.3. The molecule has 6 atom stereocenters. The molecule has 0 aliphatic carbocycles. The Kier molecular flexibility index (Phi) is 14.2. The van der Waals surface area contributed by atoms with E-state index in [-0.39, 0.29) is 18.3 Å². The Morgan fingerprint density at radius 3 is 1.88 bits per heavy atom. The zero-order chi connectivity index (χ0) is 31.2. The Labute approximate surface area is 249 Å². The molecule has 0 bridgehead atoms. The number of hydrogen-bond donors (Lipinski definition) is 4. The zero-order valence-corrected chi connectivity index (χ0v) is 25.4. The molecule has 9 heteroatoms. The number of amides is 2. The lowest BCUT2D eigenvalue weighted by Gasteiger charge is -2.30. The SMILES string of the molecule is CCCC[C@H](C)[C@H](CC(=O)N[C@H](C(=O)N[C@@H](C)C(=O)O)C(c1ccccc1)c1ccccc1)OC(=O)[C@H](N)[C@@H](C)CC. The predicted octanol–water partition coefficient (Wildman–Crippen LogP) is 4.39. The summed E-state index contributed by atoms with van der Waals surface area (Å²) >= 11 is 0. The van der Waals surface area contributed by atoms with E-state index in [0.29, 0.717) is 6.42 Å². The maximum Gasteiger partial charge on any atom is 0.325 e. The largest absolute Gasteiger partial charge is 0.480 e. The molecule has 0 aliphatic heterocycles. The molecule has 0 unspecified atom stereocenters. The van der Waals surface area contributed by atoms with Crippen LogP contribution in [-0.2, 0) is 23.9 Å². The highest BCUT2D eigenvalue weighted by atomic mass is 16.5. The molecule has 5 N–H and O–H groups in total. The summed E-state index contributed by atoms with van der Waals surface area (Å²) in [5, 5.41) is 14.8. The monoisotopic (exact) mass is 581 g/mol. The highest BCUT2D eigenvalue weighted by molar-refractivity contribution is 5.91. The first-order valence-corrected chi connectivity index (χ1v) is 14.9. The fourth-order valence-electron chi connectivity index (χ4n) is 4.76. The summed E-state index contributed by atoms with van der Waals surface area (Å²) in [7, 11) is 0. The molecule has 0 spiro atoms. The van der Waals surface area contributed by atoms with Crippen molar-refractivity contribution in [2.45, 2.75) is 96.9 Å². The van der Waals surface area contributed by atoms with Crippen molar-refractivity contribution < 1.29 is 29.0 Å². The Morgan fingerprint density at radius 2 is 1.40 bits per heavy atom. The van der Waals surface area contributed by atoms with Crippen LogP contribution >= 0.6 is 0 Å². The van der Waals surface area contributed by atoms with Crippen LogP contribution in [0.1, 0.15) is 83.8 Å². The molecule has 0 saturated carbocycles. The van der Waals surface area contributed by atoms with Crippen LogP contribution in [0.4, 0.5) is 0 Å². The van der Waals surface area contributed by atoms with Crippen LogP contribution in [0.2, 0.25) is 0 Å². The van der Waals surface area contributed by atoms with Crippen molar-refractivity contribution in [2.24, 2.45) is 17.6 Å². The lowest BCUT2D eigenvalue weighted by Crippen LogP contribution is -2.54. The normalized spacial score (nSPS) is 15.5. The van der Waals surface area contributed by atoms with Crippen molar-refractivity contribution in [1.82, 2.24) is 10.6 Å². The molecule has 2 rings (SSSR count). The number of carboxylic acids is 1. The van der Waals surface area contributed by atoms with Gasteiger partial charge in [-0.3, -0.25) is 19.2 Å². The smallest absolute Gasteiger partial charge is 0.325 e. The van der Waals surface area contributed by atoms with E-state index in [2.05, 4.69) is 17.6 Å². The number of benzene rings is 2. The van der Waals surface area contributed by atoms with Crippen LogP contribution in [0, 0.1) is 11.8 Å². The van der Waals surface area contributed by atoms with Gasteiger partial charge in [-0.25, -0.2) is 0 Å². The van der Waals surface area contributed by atoms with Crippen molar-refractivity contribution in [3.8, 4) is 0 Å². The maximum absolute atomic E-state index is 13.6. The van der Waals surface area contributed by atoms with Crippen LogP contribution in [0.3, 0.4) is 0 Å². The fourth-order valence-corrected chi connectivity index (χ4v) is 4.76. The summed E-state index contributed by atoms with van der Waals surface area (Å²) in [6.07, 6.45) is 2.39. The Hall–Kier alpha value is -3.72. The third-order valence-electron chi connectivity index (χ3n) is 7.81. The van der Waals surface area contributed by atoms with Gasteiger partial charge in [0.2, 0.25) is 11.8 Å². The van der Waals surface area contributed by atoms with Crippen LogP contribution in [0.15, 0.2) is 60.7 Å². The molecule has 2 amide bonds. The van der Waals surface area contributed by atoms with E-state index in [1.54, 1.807) is 0 Å². The highest BCUT2D eigenvalue weighted by Gasteiger charge is 2.35. The molecule has 42 heavy (non-hydrogen) atoms. The van der Waals surface area contributed by atoms with Gasteiger partial charge in [0.1, 0.15) is 24.2 Å². The van der Waals surface area contributed by atoms with Gasteiger partial charge in [0.25, 0.3) is 0 Å². The third-order valence-corrected chi connectivity index (χ3v) is 7.81. The van der Waals surface area contributed by atoms with Gasteiger partial charge in [-0.2, -0.15) is 0 Å². The molecule has 0 heterocycles. The number of ether oxygens (including phenoxy) is 1. The second kappa shape index (κ2) is 17.3. The van der Waals surface area contributed by atoms with Gasteiger partial charge in [0, 0.05) is 5.92 Å². The van der Waals surface area contributed by atoms with Crippen molar-refractivity contribution in [1.29, 1.82) is 0 Å². The summed E-state index contributed by atoms with van der Waals surface area (Å²) in [6, 6.07) is 15.4. The molecule has 230 valence electrons. The summed E-state index contributed by atoms with van der Waals surface area (Å²) in [4.78, 5) is 51.7. The molecular weight excluding hydrogens is 534 g/mol. The second-order valence-electron chi connectivity index (χ2n) is 11.1. The minimum atomic E-state index is -1.20. The number of carbonyl (C=O) groups is 4. The van der Waals surface area contributed by atoms with E-state index in [0.717, 1.165) is 30.4 Å². The topological polar surface area (TPSA) is 148 Å². The Bertz CT molecular complexity index is 1100. The van der Waals surface area contributed by atoms with E-state index < -0.39 is 53.9 Å². The van der Waals surface area contributed by atoms with Gasteiger partial charge in [-0.15, -0.1) is 0 Å². The number of nitrogens with one attached hydrogen (secondary N) is 2. The second-order valence-corrected chi connectivity index (χ2v) is 11.1. The van der Waals surface area contributed by atoms with Crippen molar-refractivity contribution >= 4 is 23.8 Å². The van der Waals surface area contributed by atoms with E-state index in [1.807, 2.05) is 81.4 Å². The average Bonchev–Trinajstić information content (AvgIpc) is 2.99. The summed E-state index contributed by atoms with van der Waals surface area (Å²) < 4.78 is 5.83. The molecule has 0 aromatic heterocycles. The number of hydrogen-bond acceptors (Lipinski definition) is 6. The minimum absolute atomic E-state index is 0.0836. The molecule has 0 fully saturated rings. The van der Waals surface area contributed by atoms with Crippen LogP contribution in [0.25, 0.3) is 0 Å². The minimum Gasteiger partial charge on any atom is -0.480 e. The first-order valence-electron chi connectivity index (χ1n) is 14.9. The van der Waals surface area contributed by atoms with Gasteiger partial charge in [0.15, 0.2) is 0 Å². The lowest BCUT2D eigenvalue weighted by molar-refractivity contribution is -0.156. The molecule has 0 aliphatic rings. The van der Waals surface area contributed by atoms with Gasteiger partial charge in [0.05, 0.1) is 6.42 Å². The van der Waals surface area contributed by atoms with Crippen LogP contribution < -0.4 is 16.4 Å². The van der Waals surface area contributed by atoms with Crippen LogP contribution in [-0.4, -0.2) is 53.1 Å². The number of rotatable bonds is 17. The molecule has 2 aromatic rings. The molecule has 2 aromatic carbocycles. The quantitative estimate of drug-likeness (QED) is 0.203. The predicted molar refractivity (Wildman–Crippen MR) is 163 cm³/mol. The number of esters is 1. The molecule has 0 radical (unpaired) electrons. The maximum atomic E-state index is 13.6. The van der Waals surface area contributed by atoms with E-state index in [4.69, 9.17) is 10.5 Å². The molecule has 0 saturated heterocycles. The average molecular weight is 582 g/mol. The van der Waals surface area contributed by atoms with Gasteiger partial charge in [-0.1, -0.05) is 108 Å². The first-order chi connectivity index (χ1) is 20.0. The van der Waals surface area contributed by atoms with Gasteiger partial charge in [-0.05, 0) is 36.3 Å². The van der Waals surface area contributed by atoms with Gasteiger partial charge < -0.3 is 26.2 Å². The van der Waals surface area contributed by atoms with Crippen molar-refractivity contribution in [3.05, 3.63) is 71.8 Å². The van der Waals surface area contributed by atoms with Crippen LogP contribution in [0.5, 0.6) is 0 Å². The van der Waals surface area contributed by atoms with Crippen molar-refractivity contribution in [3.63, 3.8) is 0 Å². The highest BCUT2D eigenvalue weighted by Crippen LogP contribution is 2.29. The van der Waals surface area contributed by atoms with Gasteiger partial charge >= 0.3 is 11.9 Å². The Morgan fingerprint density at radius 1 is 0.857 bits per heavy atom. The summed E-state index contributed by atoms with van der Waals surface area (Å²) in [5.74, 6) is -3.70. The van der Waals surface area contributed by atoms with E-state index in [9.17, 15) is 24.3 Å². The summed E-state index contributed by atoms with van der Waals surface area (Å²) in [6.45, 7) is 9.19. The molecular formula is C33H47N3O6. The summed E-state index contributed by atoms with van der Waals surface area (Å²) in [5.41, 5.74) is 7.67. The Balaban J connectivity index is 2.43. The first kappa shape index (κ1) is 34.5. The number of nitrogens with two attached hydrogens (primary N) is 1. The number of carboxylic acid groups (broad SMARTS) is 1. The fraction of sp³-hybridized carbons (Fsp3) is 0.515. The molecule has 9 nitrogen and oxygen atoms in total. The lowest BCUT2D eigenvalue weighted by atomic mass is 9.84. The van der Waals surface area contributed by atoms with E-state index in [1.165, 1.54) is 6.92 Å². The number of unbranched alkanes of at least 4 members (excludes halogenated alkanes) is 1. The van der Waals surface area contributed by atoms with Crippen molar-refractivity contribution in [2.75, 3.05) is 0 Å². The standard InChI is InChI=1S/C33H47N3O6/c1-6-8-15-22(4)26(42-33(41)29(34)21(3)7-2)20-27(37)36-30(31(38)35-23(5)32(39)40)28(24-16-11-9-12-17-24)25-18-13-10-14-19-25/h9-14,16-19,21-23,26,28-30H,6-8,15,20,34H2,1-5H3,(H,35,38)(H,36,37)(H,39,40)/t21-,22-,23-,26-,29+,30-/m0/s1. The zero-order valence-electron chi connectivity index (χ0n) is 25.4. The van der Waals surface area contributed by atoms with E-state index >= 15 is 0 Å². The number of carbonyl (C=O) groups excluding carboxylic acids is 3. The number of aliphatic carboxylic acids is 1.